The molecule has 0 N–H and O–H groups in total. The van der Waals surface area contributed by atoms with Gasteiger partial charge in [0.05, 0.1) is 12.7 Å². The van der Waals surface area contributed by atoms with Crippen LogP contribution in [-0.2, 0) is 10.2 Å². The molecule has 2 aliphatic heterocycles. The molecule has 0 aliphatic carbocycles. The van der Waals surface area contributed by atoms with Crippen molar-refractivity contribution in [3.8, 4) is 0 Å². The molecule has 112 valence electrons. The van der Waals surface area contributed by atoms with E-state index < -0.39 is 0 Å². The van der Waals surface area contributed by atoms with E-state index in [2.05, 4.69) is 23.6 Å². The van der Waals surface area contributed by atoms with Gasteiger partial charge in [0.25, 0.3) is 0 Å². The van der Waals surface area contributed by atoms with Crippen LogP contribution < -0.4 is 0 Å². The SMILES string of the molecule is CCN1CCC(C[O])CC1.CCN1CCC([O])CC1. The summed E-state index contributed by atoms with van der Waals surface area (Å²) in [5, 5.41) is 21.2. The van der Waals surface area contributed by atoms with Crippen LogP contribution in [0.15, 0.2) is 0 Å². The zero-order valence-corrected chi connectivity index (χ0v) is 12.6. The van der Waals surface area contributed by atoms with Crippen LogP contribution in [0.25, 0.3) is 0 Å². The Balaban J connectivity index is 0.000000191. The van der Waals surface area contributed by atoms with Gasteiger partial charge in [-0.25, -0.2) is 10.2 Å². The second kappa shape index (κ2) is 9.70. The van der Waals surface area contributed by atoms with Gasteiger partial charge in [-0.05, 0) is 57.8 Å². The molecule has 0 amide bonds. The molecule has 2 fully saturated rings. The van der Waals surface area contributed by atoms with Crippen molar-refractivity contribution in [3.63, 3.8) is 0 Å². The molecule has 4 heteroatoms. The van der Waals surface area contributed by atoms with Crippen LogP contribution >= 0.6 is 0 Å². The first-order valence-corrected chi connectivity index (χ1v) is 7.88. The first kappa shape index (κ1) is 16.9. The quantitative estimate of drug-likeness (QED) is 0.788. The largest absolute Gasteiger partial charge is 0.304 e. The Kier molecular flexibility index (Phi) is 8.62. The van der Waals surface area contributed by atoms with Crippen LogP contribution in [0.3, 0.4) is 0 Å². The fraction of sp³-hybridized carbons (Fsp3) is 1.00. The maximum Gasteiger partial charge on any atom is 0.0954 e. The maximum absolute atomic E-state index is 10.8. The Labute approximate surface area is 118 Å². The Morgan fingerprint density at radius 3 is 1.63 bits per heavy atom. The summed E-state index contributed by atoms with van der Waals surface area (Å²) in [6, 6.07) is 0. The van der Waals surface area contributed by atoms with Crippen LogP contribution in [0.4, 0.5) is 0 Å². The van der Waals surface area contributed by atoms with Gasteiger partial charge in [0, 0.05) is 13.1 Å². The van der Waals surface area contributed by atoms with E-state index in [1.165, 1.54) is 0 Å². The molecular formula is C15H30N2O2. The zero-order chi connectivity index (χ0) is 14.1. The molecule has 0 aromatic carbocycles. The minimum atomic E-state index is -0.271. The van der Waals surface area contributed by atoms with Crippen LogP contribution in [0, 0.1) is 5.92 Å². The fourth-order valence-corrected chi connectivity index (χ4v) is 2.69. The first-order chi connectivity index (χ1) is 9.19. The van der Waals surface area contributed by atoms with Gasteiger partial charge >= 0.3 is 0 Å². The van der Waals surface area contributed by atoms with Crippen molar-refractivity contribution in [2.45, 2.75) is 45.6 Å². The van der Waals surface area contributed by atoms with Crippen molar-refractivity contribution in [2.75, 3.05) is 45.9 Å². The number of hydrogen-bond acceptors (Lipinski definition) is 2. The molecule has 4 nitrogen and oxygen atoms in total. The van der Waals surface area contributed by atoms with Crippen molar-refractivity contribution in [2.24, 2.45) is 5.92 Å². The van der Waals surface area contributed by atoms with Crippen molar-refractivity contribution >= 4 is 0 Å². The van der Waals surface area contributed by atoms with Crippen molar-refractivity contribution in [1.82, 2.24) is 9.80 Å². The zero-order valence-electron chi connectivity index (χ0n) is 12.6. The highest BCUT2D eigenvalue weighted by molar-refractivity contribution is 4.70. The normalized spacial score (nSPS) is 24.0. The Morgan fingerprint density at radius 1 is 0.842 bits per heavy atom. The number of rotatable bonds is 3. The summed E-state index contributed by atoms with van der Waals surface area (Å²) in [5.41, 5.74) is 0. The molecule has 0 atom stereocenters. The highest BCUT2D eigenvalue weighted by Crippen LogP contribution is 2.15. The standard InChI is InChI=1S/C8H16NO.C7H14NO/c1-2-9-5-3-8(7-10)4-6-9;1-2-8-5-3-7(9)4-6-8/h8H,2-7H2,1H3;7H,2-6H2,1H3. The minimum absolute atomic E-state index is 0.136. The average molecular weight is 270 g/mol. The Bertz CT molecular complexity index is 198. The second-order valence-corrected chi connectivity index (χ2v) is 5.68. The van der Waals surface area contributed by atoms with Crippen molar-refractivity contribution in [1.29, 1.82) is 0 Å². The molecule has 19 heavy (non-hydrogen) atoms. The Morgan fingerprint density at radius 2 is 1.26 bits per heavy atom. The molecule has 0 saturated carbocycles. The predicted octanol–water partition coefficient (Wildman–Crippen LogP) is 2.05. The molecule has 0 bridgehead atoms. The third-order valence-electron chi connectivity index (χ3n) is 4.37. The molecule has 2 radical (unpaired) electrons. The molecular weight excluding hydrogens is 240 g/mol. The van der Waals surface area contributed by atoms with Gasteiger partial charge in [-0.2, -0.15) is 0 Å². The summed E-state index contributed by atoms with van der Waals surface area (Å²) >= 11 is 0. The lowest BCUT2D eigenvalue weighted by Crippen LogP contribution is -2.34. The van der Waals surface area contributed by atoms with Crippen LogP contribution in [0.2, 0.25) is 0 Å². The number of piperidine rings is 2. The molecule has 2 aliphatic rings. The summed E-state index contributed by atoms with van der Waals surface area (Å²) in [6.45, 7) is 11.0. The smallest absolute Gasteiger partial charge is 0.0954 e. The molecule has 0 aromatic heterocycles. The number of hydrogen-bond donors (Lipinski definition) is 0. The maximum atomic E-state index is 10.8. The summed E-state index contributed by atoms with van der Waals surface area (Å²) in [4.78, 5) is 4.74. The summed E-state index contributed by atoms with van der Waals surface area (Å²) in [5.74, 6) is 0.475. The van der Waals surface area contributed by atoms with E-state index in [9.17, 15) is 10.2 Å². The van der Waals surface area contributed by atoms with Gasteiger partial charge in [-0.3, -0.25) is 0 Å². The lowest BCUT2D eigenvalue weighted by Gasteiger charge is -2.29. The van der Waals surface area contributed by atoms with Gasteiger partial charge in [-0.1, -0.05) is 13.8 Å². The van der Waals surface area contributed by atoms with Crippen LogP contribution in [0.1, 0.15) is 39.5 Å². The van der Waals surface area contributed by atoms with Gasteiger partial charge in [0.15, 0.2) is 0 Å². The van der Waals surface area contributed by atoms with Gasteiger partial charge in [0.2, 0.25) is 0 Å². The molecule has 2 heterocycles. The highest BCUT2D eigenvalue weighted by atomic mass is 16.3. The molecule has 0 unspecified atom stereocenters. The lowest BCUT2D eigenvalue weighted by atomic mass is 9.98. The molecule has 0 spiro atoms. The topological polar surface area (TPSA) is 46.3 Å². The number of likely N-dealkylation sites (tertiary alicyclic amines) is 2. The minimum Gasteiger partial charge on any atom is -0.304 e. The van der Waals surface area contributed by atoms with Gasteiger partial charge in [-0.15, -0.1) is 0 Å². The fourth-order valence-electron chi connectivity index (χ4n) is 2.69. The third kappa shape index (κ3) is 6.70. The first-order valence-electron chi connectivity index (χ1n) is 7.88. The Hall–Kier alpha value is -0.160. The number of nitrogens with zero attached hydrogens (tertiary/aromatic N) is 2. The van der Waals surface area contributed by atoms with Crippen LogP contribution in [0.5, 0.6) is 0 Å². The predicted molar refractivity (Wildman–Crippen MR) is 76.2 cm³/mol. The monoisotopic (exact) mass is 270 g/mol. The van der Waals surface area contributed by atoms with E-state index in [1.807, 2.05) is 0 Å². The van der Waals surface area contributed by atoms with Crippen LogP contribution in [-0.4, -0.2) is 61.8 Å². The lowest BCUT2D eigenvalue weighted by molar-refractivity contribution is 0.0293. The summed E-state index contributed by atoms with van der Waals surface area (Å²) in [6.07, 6.45) is 3.68. The van der Waals surface area contributed by atoms with E-state index in [1.54, 1.807) is 0 Å². The highest BCUT2D eigenvalue weighted by Gasteiger charge is 2.17. The van der Waals surface area contributed by atoms with E-state index in [-0.39, 0.29) is 12.7 Å². The summed E-state index contributed by atoms with van der Waals surface area (Å²) < 4.78 is 0. The summed E-state index contributed by atoms with van der Waals surface area (Å²) in [7, 11) is 0. The van der Waals surface area contributed by atoms with Gasteiger partial charge in [0.1, 0.15) is 0 Å². The van der Waals surface area contributed by atoms with Crippen molar-refractivity contribution in [3.05, 3.63) is 0 Å². The third-order valence-corrected chi connectivity index (χ3v) is 4.37. The van der Waals surface area contributed by atoms with E-state index >= 15 is 0 Å². The van der Waals surface area contributed by atoms with E-state index in [4.69, 9.17) is 0 Å². The molecule has 0 aromatic rings. The molecule has 2 rings (SSSR count). The average Bonchev–Trinajstić information content (AvgIpc) is 2.49. The van der Waals surface area contributed by atoms with Gasteiger partial charge < -0.3 is 9.80 Å². The second-order valence-electron chi connectivity index (χ2n) is 5.68. The van der Waals surface area contributed by atoms with E-state index in [0.29, 0.717) is 5.92 Å². The van der Waals surface area contributed by atoms with E-state index in [0.717, 1.165) is 65.0 Å². The molecule has 2 saturated heterocycles. The van der Waals surface area contributed by atoms with Crippen molar-refractivity contribution < 1.29 is 10.2 Å².